The molecule has 0 aliphatic heterocycles. The molecule has 2 N–H and O–H groups in total. The van der Waals surface area contributed by atoms with E-state index in [1.807, 2.05) is 6.92 Å². The summed E-state index contributed by atoms with van der Waals surface area (Å²) >= 11 is 0. The molecular formula is C12H23NO5. The van der Waals surface area contributed by atoms with Gasteiger partial charge < -0.3 is 24.6 Å². The summed E-state index contributed by atoms with van der Waals surface area (Å²) < 4.78 is 14.7. The molecule has 0 saturated carbocycles. The zero-order chi connectivity index (χ0) is 13.8. The second-order valence-electron chi connectivity index (χ2n) is 3.95. The molecule has 0 saturated heterocycles. The predicted octanol–water partition coefficient (Wildman–Crippen LogP) is 0.703. The topological polar surface area (TPSA) is 77.0 Å². The van der Waals surface area contributed by atoms with Crippen molar-refractivity contribution in [2.24, 2.45) is 0 Å². The summed E-state index contributed by atoms with van der Waals surface area (Å²) in [6.07, 6.45) is -0.637. The number of carbonyl (C=O) groups is 1. The van der Waals surface area contributed by atoms with E-state index < -0.39 is 12.2 Å². The van der Waals surface area contributed by atoms with Gasteiger partial charge >= 0.3 is 6.09 Å². The van der Waals surface area contributed by atoms with Crippen molar-refractivity contribution in [2.75, 3.05) is 40.1 Å². The predicted molar refractivity (Wildman–Crippen MR) is 67.5 cm³/mol. The molecule has 0 aromatic heterocycles. The van der Waals surface area contributed by atoms with Gasteiger partial charge in [-0.15, -0.1) is 6.58 Å². The van der Waals surface area contributed by atoms with Crippen LogP contribution in [0.4, 0.5) is 4.79 Å². The molecule has 18 heavy (non-hydrogen) atoms. The Morgan fingerprint density at radius 3 is 2.72 bits per heavy atom. The van der Waals surface area contributed by atoms with E-state index in [1.54, 1.807) is 7.11 Å². The molecule has 1 atom stereocenters. The lowest BCUT2D eigenvalue weighted by Gasteiger charge is -2.12. The second kappa shape index (κ2) is 11.0. The quantitative estimate of drug-likeness (QED) is 0.447. The monoisotopic (exact) mass is 261 g/mol. The van der Waals surface area contributed by atoms with Gasteiger partial charge in [-0.3, -0.25) is 0 Å². The molecule has 0 radical (unpaired) electrons. The molecule has 0 rings (SSSR count). The Morgan fingerprint density at radius 1 is 1.39 bits per heavy atom. The van der Waals surface area contributed by atoms with Gasteiger partial charge in [0, 0.05) is 13.7 Å². The molecule has 0 aliphatic rings. The Hall–Kier alpha value is -1.11. The molecule has 0 aromatic rings. The lowest BCUT2D eigenvalue weighted by Crippen LogP contribution is -2.31. The van der Waals surface area contributed by atoms with Crippen molar-refractivity contribution in [2.45, 2.75) is 19.4 Å². The number of amides is 1. The van der Waals surface area contributed by atoms with Crippen LogP contribution >= 0.6 is 0 Å². The summed E-state index contributed by atoms with van der Waals surface area (Å²) in [4.78, 5) is 11.1. The van der Waals surface area contributed by atoms with Crippen molar-refractivity contribution in [3.05, 3.63) is 12.2 Å². The van der Waals surface area contributed by atoms with Crippen LogP contribution in [0.5, 0.6) is 0 Å². The molecule has 0 bridgehead atoms. The molecule has 6 heteroatoms. The van der Waals surface area contributed by atoms with Gasteiger partial charge in [0.15, 0.2) is 0 Å². The molecule has 6 nitrogen and oxygen atoms in total. The average Bonchev–Trinajstić information content (AvgIpc) is 2.32. The van der Waals surface area contributed by atoms with Crippen LogP contribution < -0.4 is 5.32 Å². The molecule has 1 amide bonds. The Labute approximate surface area is 108 Å². The number of hydrogen-bond acceptors (Lipinski definition) is 5. The van der Waals surface area contributed by atoms with E-state index in [1.165, 1.54) is 0 Å². The summed E-state index contributed by atoms with van der Waals surface area (Å²) in [5.74, 6) is 0. The minimum absolute atomic E-state index is 0.0914. The van der Waals surface area contributed by atoms with Gasteiger partial charge in [0.05, 0.1) is 19.8 Å². The highest BCUT2D eigenvalue weighted by Gasteiger charge is 2.08. The molecule has 1 unspecified atom stereocenters. The first-order valence-corrected chi connectivity index (χ1v) is 5.86. The largest absolute Gasteiger partial charge is 0.447 e. The van der Waals surface area contributed by atoms with E-state index in [9.17, 15) is 9.90 Å². The third-order valence-electron chi connectivity index (χ3n) is 1.97. The van der Waals surface area contributed by atoms with Crippen molar-refractivity contribution < 1.29 is 24.1 Å². The summed E-state index contributed by atoms with van der Waals surface area (Å²) in [7, 11) is 1.54. The fourth-order valence-electron chi connectivity index (χ4n) is 0.992. The van der Waals surface area contributed by atoms with E-state index in [0.29, 0.717) is 19.8 Å². The van der Waals surface area contributed by atoms with Crippen molar-refractivity contribution in [1.29, 1.82) is 0 Å². The van der Waals surface area contributed by atoms with Crippen molar-refractivity contribution in [3.63, 3.8) is 0 Å². The van der Waals surface area contributed by atoms with E-state index in [0.717, 1.165) is 12.0 Å². The van der Waals surface area contributed by atoms with E-state index in [2.05, 4.69) is 11.9 Å². The van der Waals surface area contributed by atoms with Crippen LogP contribution in [0.1, 0.15) is 13.3 Å². The van der Waals surface area contributed by atoms with Crippen molar-refractivity contribution >= 4 is 6.09 Å². The lowest BCUT2D eigenvalue weighted by molar-refractivity contribution is 0.000695. The maximum Gasteiger partial charge on any atom is 0.407 e. The molecular weight excluding hydrogens is 238 g/mol. The number of aliphatic hydroxyl groups is 1. The number of hydrogen-bond donors (Lipinski definition) is 2. The van der Waals surface area contributed by atoms with Gasteiger partial charge in [-0.2, -0.15) is 0 Å². The molecule has 0 aliphatic carbocycles. The van der Waals surface area contributed by atoms with Gasteiger partial charge in [-0.25, -0.2) is 4.79 Å². The number of ether oxygens (including phenoxy) is 3. The van der Waals surface area contributed by atoms with Gasteiger partial charge in [-0.1, -0.05) is 5.57 Å². The number of alkyl carbamates (subject to hydrolysis) is 1. The first kappa shape index (κ1) is 16.9. The summed E-state index contributed by atoms with van der Waals surface area (Å²) in [6.45, 7) is 6.99. The fraction of sp³-hybridized carbons (Fsp3) is 0.750. The minimum Gasteiger partial charge on any atom is -0.447 e. The van der Waals surface area contributed by atoms with Crippen molar-refractivity contribution in [1.82, 2.24) is 5.32 Å². The number of carbonyl (C=O) groups excluding carboxylic acids is 1. The Bertz CT molecular complexity index is 245. The number of methoxy groups -OCH3 is 1. The van der Waals surface area contributed by atoms with E-state index in [-0.39, 0.29) is 13.2 Å². The Morgan fingerprint density at radius 2 is 2.11 bits per heavy atom. The smallest absolute Gasteiger partial charge is 0.407 e. The average molecular weight is 261 g/mol. The van der Waals surface area contributed by atoms with Crippen LogP contribution in [0.3, 0.4) is 0 Å². The Balaban J connectivity index is 3.42. The molecule has 0 aromatic carbocycles. The van der Waals surface area contributed by atoms with Gasteiger partial charge in [-0.05, 0) is 13.3 Å². The van der Waals surface area contributed by atoms with Crippen LogP contribution in [0.15, 0.2) is 12.2 Å². The van der Waals surface area contributed by atoms with Crippen LogP contribution in [-0.2, 0) is 14.2 Å². The van der Waals surface area contributed by atoms with Crippen LogP contribution in [0.25, 0.3) is 0 Å². The highest BCUT2D eigenvalue weighted by Crippen LogP contribution is 1.96. The number of rotatable bonds is 10. The summed E-state index contributed by atoms with van der Waals surface area (Å²) in [5.41, 5.74) is 1.03. The first-order chi connectivity index (χ1) is 8.56. The summed E-state index contributed by atoms with van der Waals surface area (Å²) in [6, 6.07) is 0. The molecule has 106 valence electrons. The van der Waals surface area contributed by atoms with Crippen molar-refractivity contribution in [3.8, 4) is 0 Å². The molecule has 0 heterocycles. The third-order valence-corrected chi connectivity index (χ3v) is 1.97. The fourth-order valence-corrected chi connectivity index (χ4v) is 0.992. The third kappa shape index (κ3) is 11.4. The van der Waals surface area contributed by atoms with Crippen LogP contribution in [0, 0.1) is 0 Å². The highest BCUT2D eigenvalue weighted by atomic mass is 16.6. The van der Waals surface area contributed by atoms with Gasteiger partial charge in [0.25, 0.3) is 0 Å². The SMILES string of the molecule is C=C(C)CCOCC(O)COC(=O)NCCOC. The zero-order valence-corrected chi connectivity index (χ0v) is 11.1. The highest BCUT2D eigenvalue weighted by molar-refractivity contribution is 5.67. The normalized spacial score (nSPS) is 11.9. The van der Waals surface area contributed by atoms with Crippen LogP contribution in [0.2, 0.25) is 0 Å². The second-order valence-corrected chi connectivity index (χ2v) is 3.95. The first-order valence-electron chi connectivity index (χ1n) is 5.86. The van der Waals surface area contributed by atoms with Gasteiger partial charge in [0.2, 0.25) is 0 Å². The number of nitrogens with one attached hydrogen (secondary N) is 1. The number of aliphatic hydroxyl groups excluding tert-OH is 1. The maximum atomic E-state index is 11.1. The van der Waals surface area contributed by atoms with Gasteiger partial charge in [0.1, 0.15) is 12.7 Å². The molecule has 0 spiro atoms. The molecule has 0 fully saturated rings. The standard InChI is InChI=1S/C12H23NO5/c1-10(2)4-6-17-8-11(14)9-18-12(15)13-5-7-16-3/h11,14H,1,4-9H2,2-3H3,(H,13,15). The zero-order valence-electron chi connectivity index (χ0n) is 11.1. The lowest BCUT2D eigenvalue weighted by atomic mass is 10.3. The Kier molecular flexibility index (Phi) is 10.3. The summed E-state index contributed by atoms with van der Waals surface area (Å²) in [5, 5.41) is 11.9. The minimum atomic E-state index is -0.816. The van der Waals surface area contributed by atoms with Crippen LogP contribution in [-0.4, -0.2) is 57.4 Å². The van der Waals surface area contributed by atoms with E-state index in [4.69, 9.17) is 14.2 Å². The van der Waals surface area contributed by atoms with E-state index >= 15 is 0 Å². The maximum absolute atomic E-state index is 11.1.